The smallest absolute Gasteiger partial charge is 0.341 e. The third kappa shape index (κ3) is 1.69. The molecule has 2 aromatic heterocycles. The van der Waals surface area contributed by atoms with Gasteiger partial charge in [-0.3, -0.25) is 4.79 Å². The Morgan fingerprint density at radius 1 is 1.60 bits per heavy atom. The minimum atomic E-state index is -1.26. The number of nitrogens with zero attached hydrogens (tertiary/aromatic N) is 1. The van der Waals surface area contributed by atoms with E-state index in [1.165, 1.54) is 6.20 Å². The van der Waals surface area contributed by atoms with Gasteiger partial charge in [-0.05, 0) is 6.42 Å². The van der Waals surface area contributed by atoms with Crippen molar-refractivity contribution < 1.29 is 14.6 Å². The van der Waals surface area contributed by atoms with Gasteiger partial charge in [0.2, 0.25) is 5.43 Å². The summed E-state index contributed by atoms with van der Waals surface area (Å²) in [5.74, 6) is -0.676. The fraction of sp³-hybridized carbons (Fsp3) is 0.214. The zero-order valence-corrected chi connectivity index (χ0v) is 10.6. The number of aromatic amines is 1. The first-order valence-electron chi connectivity index (χ1n) is 6.17. The second-order valence-electron chi connectivity index (χ2n) is 4.52. The van der Waals surface area contributed by atoms with Gasteiger partial charge in [0.1, 0.15) is 17.0 Å². The van der Waals surface area contributed by atoms with E-state index in [9.17, 15) is 9.59 Å². The first-order valence-corrected chi connectivity index (χ1v) is 6.17. The maximum Gasteiger partial charge on any atom is 0.341 e. The maximum atomic E-state index is 12.3. The van der Waals surface area contributed by atoms with Crippen LogP contribution in [0.4, 0.5) is 0 Å². The second-order valence-corrected chi connectivity index (χ2v) is 4.52. The Kier molecular flexibility index (Phi) is 2.78. The van der Waals surface area contributed by atoms with Crippen LogP contribution in [0.2, 0.25) is 0 Å². The van der Waals surface area contributed by atoms with Crippen LogP contribution in [0.5, 0.6) is 5.75 Å². The van der Waals surface area contributed by atoms with Crippen LogP contribution < -0.4 is 10.2 Å². The lowest BCUT2D eigenvalue weighted by Crippen LogP contribution is -2.17. The molecule has 1 aliphatic heterocycles. The topological polar surface area (TPSA) is 92.3 Å². The summed E-state index contributed by atoms with van der Waals surface area (Å²) in [6.45, 7) is 4.19. The molecule has 2 N–H and O–H groups in total. The predicted octanol–water partition coefficient (Wildman–Crippen LogP) is 1.28. The van der Waals surface area contributed by atoms with E-state index >= 15 is 0 Å². The van der Waals surface area contributed by atoms with E-state index < -0.39 is 11.4 Å². The highest BCUT2D eigenvalue weighted by Gasteiger charge is 2.24. The Morgan fingerprint density at radius 3 is 3.10 bits per heavy atom. The number of allylic oxidation sites excluding steroid dienone is 1. The van der Waals surface area contributed by atoms with E-state index in [0.29, 0.717) is 36.4 Å². The van der Waals surface area contributed by atoms with Gasteiger partial charge in [0.05, 0.1) is 17.7 Å². The maximum absolute atomic E-state index is 12.3. The molecule has 0 amide bonds. The van der Waals surface area contributed by atoms with Crippen molar-refractivity contribution in [3.8, 4) is 5.75 Å². The lowest BCUT2D eigenvalue weighted by atomic mass is 10.0. The molecule has 0 saturated heterocycles. The number of aromatic carboxylic acids is 1. The summed E-state index contributed by atoms with van der Waals surface area (Å²) >= 11 is 0. The van der Waals surface area contributed by atoms with Gasteiger partial charge in [0, 0.05) is 18.2 Å². The summed E-state index contributed by atoms with van der Waals surface area (Å²) in [7, 11) is 0. The highest BCUT2D eigenvalue weighted by Crippen LogP contribution is 2.32. The fourth-order valence-electron chi connectivity index (χ4n) is 2.45. The molecule has 6 nitrogen and oxygen atoms in total. The number of carboxylic acid groups (broad SMARTS) is 1. The average Bonchev–Trinajstić information content (AvgIpc) is 2.86. The van der Waals surface area contributed by atoms with Crippen LogP contribution in [0, 0.1) is 0 Å². The minimum Gasteiger partial charge on any atom is -0.491 e. The number of aromatic nitrogens is 2. The summed E-state index contributed by atoms with van der Waals surface area (Å²) in [6.07, 6.45) is 3.94. The number of rotatable bonds is 3. The van der Waals surface area contributed by atoms with Crippen LogP contribution in [0.1, 0.15) is 21.6 Å². The number of hydrogen-bond donors (Lipinski definition) is 2. The lowest BCUT2D eigenvalue weighted by Gasteiger charge is -2.09. The van der Waals surface area contributed by atoms with E-state index in [0.717, 1.165) is 5.69 Å². The molecule has 0 unspecified atom stereocenters. The van der Waals surface area contributed by atoms with E-state index in [-0.39, 0.29) is 10.9 Å². The van der Waals surface area contributed by atoms with E-state index in [1.807, 2.05) is 0 Å². The van der Waals surface area contributed by atoms with Crippen molar-refractivity contribution in [2.75, 3.05) is 6.61 Å². The summed E-state index contributed by atoms with van der Waals surface area (Å²) in [4.78, 5) is 30.6. The lowest BCUT2D eigenvalue weighted by molar-refractivity contribution is 0.0695. The summed E-state index contributed by atoms with van der Waals surface area (Å²) in [5, 5.41) is 9.32. The zero-order chi connectivity index (χ0) is 14.3. The van der Waals surface area contributed by atoms with Crippen molar-refractivity contribution in [2.45, 2.75) is 12.8 Å². The molecule has 102 valence electrons. The molecule has 0 fully saturated rings. The number of nitrogens with one attached hydrogen (secondary N) is 1. The number of fused-ring (bicyclic) bond motifs is 2. The third-order valence-corrected chi connectivity index (χ3v) is 3.31. The first kappa shape index (κ1) is 12.4. The number of carbonyl (C=O) groups is 1. The van der Waals surface area contributed by atoms with Crippen molar-refractivity contribution in [1.29, 1.82) is 0 Å². The minimum absolute atomic E-state index is 0.269. The second kappa shape index (κ2) is 4.48. The Balaban J connectivity index is 2.44. The molecule has 0 saturated carbocycles. The SMILES string of the molecule is C=CCc1c2c(nc3[nH]cc(C(=O)O)c(=O)c13)CCO2. The van der Waals surface area contributed by atoms with E-state index in [2.05, 4.69) is 16.5 Å². The molecule has 3 rings (SSSR count). The number of carboxylic acids is 1. The molecule has 20 heavy (non-hydrogen) atoms. The molecule has 0 aromatic carbocycles. The van der Waals surface area contributed by atoms with Crippen LogP contribution in [0.15, 0.2) is 23.6 Å². The van der Waals surface area contributed by atoms with Crippen LogP contribution in [0.25, 0.3) is 11.0 Å². The molecule has 0 spiro atoms. The van der Waals surface area contributed by atoms with Crippen LogP contribution in [0.3, 0.4) is 0 Å². The number of hydrogen-bond acceptors (Lipinski definition) is 4. The highest BCUT2D eigenvalue weighted by molar-refractivity contribution is 5.93. The summed E-state index contributed by atoms with van der Waals surface area (Å²) < 4.78 is 5.54. The van der Waals surface area contributed by atoms with Gasteiger partial charge in [0.15, 0.2) is 0 Å². The van der Waals surface area contributed by atoms with Gasteiger partial charge < -0.3 is 14.8 Å². The van der Waals surface area contributed by atoms with Crippen molar-refractivity contribution in [3.05, 3.63) is 45.9 Å². The van der Waals surface area contributed by atoms with E-state index in [1.54, 1.807) is 6.08 Å². The van der Waals surface area contributed by atoms with Crippen molar-refractivity contribution in [3.63, 3.8) is 0 Å². The van der Waals surface area contributed by atoms with Gasteiger partial charge >= 0.3 is 5.97 Å². The van der Waals surface area contributed by atoms with Gasteiger partial charge in [-0.2, -0.15) is 0 Å². The average molecular weight is 272 g/mol. The molecule has 3 heterocycles. The number of ether oxygens (including phenoxy) is 1. The summed E-state index contributed by atoms with van der Waals surface area (Å²) in [5.41, 5.74) is 0.979. The summed E-state index contributed by atoms with van der Waals surface area (Å²) in [6, 6.07) is 0. The normalized spacial score (nSPS) is 13.0. The van der Waals surface area contributed by atoms with Crippen LogP contribution >= 0.6 is 0 Å². The molecule has 0 radical (unpaired) electrons. The Bertz CT molecular complexity index is 792. The molecular formula is C14H12N2O4. The molecule has 0 aliphatic carbocycles. The monoisotopic (exact) mass is 272 g/mol. The highest BCUT2D eigenvalue weighted by atomic mass is 16.5. The largest absolute Gasteiger partial charge is 0.491 e. The van der Waals surface area contributed by atoms with Crippen molar-refractivity contribution >= 4 is 17.0 Å². The van der Waals surface area contributed by atoms with Crippen LogP contribution in [-0.2, 0) is 12.8 Å². The molecule has 2 aromatic rings. The van der Waals surface area contributed by atoms with Crippen LogP contribution in [-0.4, -0.2) is 27.7 Å². The zero-order valence-electron chi connectivity index (χ0n) is 10.6. The van der Waals surface area contributed by atoms with Gasteiger partial charge in [0.25, 0.3) is 0 Å². The molecule has 6 heteroatoms. The fourth-order valence-corrected chi connectivity index (χ4v) is 2.45. The molecule has 0 bridgehead atoms. The predicted molar refractivity (Wildman–Crippen MR) is 72.4 cm³/mol. The number of H-pyrrole nitrogens is 1. The quantitative estimate of drug-likeness (QED) is 0.821. The van der Waals surface area contributed by atoms with Gasteiger partial charge in [-0.25, -0.2) is 9.78 Å². The first-order chi connectivity index (χ1) is 9.63. The number of pyridine rings is 2. The Labute approximate surface area is 113 Å². The van der Waals surface area contributed by atoms with Crippen molar-refractivity contribution in [2.24, 2.45) is 0 Å². The molecule has 0 atom stereocenters. The molecule has 1 aliphatic rings. The Morgan fingerprint density at radius 2 is 2.40 bits per heavy atom. The molecular weight excluding hydrogens is 260 g/mol. The Hall–Kier alpha value is -2.63. The van der Waals surface area contributed by atoms with Gasteiger partial charge in [-0.1, -0.05) is 6.08 Å². The van der Waals surface area contributed by atoms with Crippen molar-refractivity contribution in [1.82, 2.24) is 9.97 Å². The standard InChI is InChI=1S/C14H12N2O4/c1-2-3-7-10-11(17)8(14(18)19)6-15-13(10)16-9-4-5-20-12(7)9/h2,6H,1,3-5H2,(H,18,19)(H,15,16,17). The third-order valence-electron chi connectivity index (χ3n) is 3.31. The van der Waals surface area contributed by atoms with E-state index in [4.69, 9.17) is 9.84 Å². The van der Waals surface area contributed by atoms with Gasteiger partial charge in [-0.15, -0.1) is 6.58 Å².